The summed E-state index contributed by atoms with van der Waals surface area (Å²) < 4.78 is 4.01. The maximum atomic E-state index is 10.1. The van der Waals surface area contributed by atoms with Gasteiger partial charge in [0.2, 0.25) is 0 Å². The van der Waals surface area contributed by atoms with Gasteiger partial charge >= 0.3 is 11.9 Å². The summed E-state index contributed by atoms with van der Waals surface area (Å²) in [5.41, 5.74) is 0. The Labute approximate surface area is 97.2 Å². The second-order valence-corrected chi connectivity index (χ2v) is 2.67. The number of carbonyl (C=O) groups is 2. The molecule has 4 nitrogen and oxygen atoms in total. The highest BCUT2D eigenvalue weighted by Crippen LogP contribution is 1.86. The first-order chi connectivity index (χ1) is 7.20. The third-order valence-electron chi connectivity index (χ3n) is 1.01. The molecular formula is C9H9Cl2NO3. The molecule has 0 saturated heterocycles. The quantitative estimate of drug-likeness (QED) is 0.454. The number of hydrogen-bond donors (Lipinski definition) is 0. The normalized spacial score (nSPS) is 8.40. The Hall–Kier alpha value is -1.13. The summed E-state index contributed by atoms with van der Waals surface area (Å²) >= 11 is 9.97. The highest BCUT2D eigenvalue weighted by atomic mass is 35.5. The van der Waals surface area contributed by atoms with Crippen molar-refractivity contribution in [1.29, 1.82) is 0 Å². The maximum absolute atomic E-state index is 10.1. The van der Waals surface area contributed by atoms with E-state index in [4.69, 9.17) is 23.2 Å². The molecule has 6 heteroatoms. The standard InChI is InChI=1S/C5H5N.C4H4Cl2O3/c1-2-4-6-5-3-1;5-1-3(7)9-4(8)2-6/h1-5H;1-2H2. The molecule has 0 N–H and O–H groups in total. The number of rotatable bonds is 2. The zero-order valence-electron chi connectivity index (χ0n) is 7.73. The van der Waals surface area contributed by atoms with Gasteiger partial charge in [-0.25, -0.2) is 0 Å². The molecule has 0 aromatic carbocycles. The molecule has 1 aromatic heterocycles. The SMILES string of the molecule is O=C(CCl)OC(=O)CCl.c1ccncc1. The van der Waals surface area contributed by atoms with Crippen molar-refractivity contribution >= 4 is 35.1 Å². The second-order valence-electron chi connectivity index (χ2n) is 2.14. The summed E-state index contributed by atoms with van der Waals surface area (Å²) in [5.74, 6) is -2.21. The van der Waals surface area contributed by atoms with Gasteiger partial charge in [0.1, 0.15) is 11.8 Å². The second kappa shape index (κ2) is 9.43. The average molecular weight is 250 g/mol. The Bertz CT molecular complexity index is 252. The minimum Gasteiger partial charge on any atom is -0.391 e. The van der Waals surface area contributed by atoms with Gasteiger partial charge < -0.3 is 4.74 Å². The van der Waals surface area contributed by atoms with Crippen LogP contribution in [-0.2, 0) is 14.3 Å². The van der Waals surface area contributed by atoms with E-state index in [0.29, 0.717) is 0 Å². The predicted molar refractivity (Wildman–Crippen MR) is 56.8 cm³/mol. The van der Waals surface area contributed by atoms with Gasteiger partial charge in [-0.3, -0.25) is 14.6 Å². The molecule has 0 aliphatic rings. The number of esters is 2. The molecule has 1 rings (SSSR count). The highest BCUT2D eigenvalue weighted by Gasteiger charge is 2.05. The molecule has 0 saturated carbocycles. The van der Waals surface area contributed by atoms with Crippen LogP contribution in [0.15, 0.2) is 30.6 Å². The van der Waals surface area contributed by atoms with Crippen molar-refractivity contribution in [3.05, 3.63) is 30.6 Å². The van der Waals surface area contributed by atoms with Gasteiger partial charge in [-0.1, -0.05) is 6.07 Å². The smallest absolute Gasteiger partial charge is 0.328 e. The number of alkyl halides is 2. The van der Waals surface area contributed by atoms with Crippen LogP contribution in [0.3, 0.4) is 0 Å². The van der Waals surface area contributed by atoms with Crippen molar-refractivity contribution in [1.82, 2.24) is 4.98 Å². The maximum Gasteiger partial charge on any atom is 0.328 e. The summed E-state index contributed by atoms with van der Waals surface area (Å²) in [6, 6.07) is 5.72. The number of hydrogen-bond acceptors (Lipinski definition) is 4. The monoisotopic (exact) mass is 249 g/mol. The Morgan fingerprint density at radius 1 is 1.00 bits per heavy atom. The van der Waals surface area contributed by atoms with Crippen LogP contribution in [0.5, 0.6) is 0 Å². The van der Waals surface area contributed by atoms with E-state index >= 15 is 0 Å². The van der Waals surface area contributed by atoms with E-state index in [2.05, 4.69) is 9.72 Å². The molecule has 0 radical (unpaired) electrons. The molecule has 0 spiro atoms. The Balaban J connectivity index is 0.000000280. The average Bonchev–Trinajstić information content (AvgIpc) is 2.31. The molecule has 0 amide bonds. The summed E-state index contributed by atoms with van der Waals surface area (Å²) in [7, 11) is 0. The first-order valence-corrected chi connectivity index (χ1v) is 4.98. The van der Waals surface area contributed by atoms with Crippen LogP contribution in [0, 0.1) is 0 Å². The topological polar surface area (TPSA) is 56.3 Å². The molecule has 1 heterocycles. The van der Waals surface area contributed by atoms with Crippen LogP contribution in [0.25, 0.3) is 0 Å². The highest BCUT2D eigenvalue weighted by molar-refractivity contribution is 6.29. The van der Waals surface area contributed by atoms with E-state index < -0.39 is 11.9 Å². The molecule has 82 valence electrons. The largest absolute Gasteiger partial charge is 0.391 e. The van der Waals surface area contributed by atoms with Crippen LogP contribution in [-0.4, -0.2) is 28.7 Å². The van der Waals surface area contributed by atoms with E-state index in [0.717, 1.165) is 0 Å². The number of halogens is 2. The van der Waals surface area contributed by atoms with Gasteiger partial charge in [0.15, 0.2) is 0 Å². The molecule has 0 atom stereocenters. The summed E-state index contributed by atoms with van der Waals surface area (Å²) in [4.78, 5) is 24.1. The molecular weight excluding hydrogens is 241 g/mol. The van der Waals surface area contributed by atoms with Crippen molar-refractivity contribution in [2.24, 2.45) is 0 Å². The van der Waals surface area contributed by atoms with Gasteiger partial charge in [-0.2, -0.15) is 0 Å². The number of aromatic nitrogens is 1. The number of pyridine rings is 1. The lowest BCUT2D eigenvalue weighted by Crippen LogP contribution is -2.13. The van der Waals surface area contributed by atoms with Crippen molar-refractivity contribution in [2.75, 3.05) is 11.8 Å². The van der Waals surface area contributed by atoms with Gasteiger partial charge in [-0.15, -0.1) is 23.2 Å². The van der Waals surface area contributed by atoms with Crippen LogP contribution < -0.4 is 0 Å². The lowest BCUT2D eigenvalue weighted by atomic mass is 10.5. The number of carbonyl (C=O) groups excluding carboxylic acids is 2. The van der Waals surface area contributed by atoms with Crippen LogP contribution >= 0.6 is 23.2 Å². The molecule has 0 bridgehead atoms. The molecule has 15 heavy (non-hydrogen) atoms. The van der Waals surface area contributed by atoms with Gasteiger partial charge in [0.05, 0.1) is 0 Å². The molecule has 0 fully saturated rings. The summed E-state index contributed by atoms with van der Waals surface area (Å²) in [5, 5.41) is 0. The van der Waals surface area contributed by atoms with Crippen molar-refractivity contribution < 1.29 is 14.3 Å². The van der Waals surface area contributed by atoms with E-state index in [9.17, 15) is 9.59 Å². The fourth-order valence-corrected chi connectivity index (χ4v) is 0.603. The van der Waals surface area contributed by atoms with E-state index in [1.807, 2.05) is 18.2 Å². The third-order valence-corrected chi connectivity index (χ3v) is 1.45. The number of ether oxygens (including phenoxy) is 1. The fourth-order valence-electron chi connectivity index (χ4n) is 0.494. The van der Waals surface area contributed by atoms with E-state index in [1.54, 1.807) is 12.4 Å². The first-order valence-electron chi connectivity index (χ1n) is 3.91. The summed E-state index contributed by atoms with van der Waals surface area (Å²) in [6.07, 6.45) is 3.50. The van der Waals surface area contributed by atoms with Gasteiger partial charge in [0.25, 0.3) is 0 Å². The zero-order valence-corrected chi connectivity index (χ0v) is 9.24. The molecule has 0 unspecified atom stereocenters. The zero-order chi connectivity index (χ0) is 11.5. The Morgan fingerprint density at radius 3 is 1.67 bits per heavy atom. The van der Waals surface area contributed by atoms with Crippen molar-refractivity contribution in [2.45, 2.75) is 0 Å². The van der Waals surface area contributed by atoms with E-state index in [-0.39, 0.29) is 11.8 Å². The minimum absolute atomic E-state index is 0.331. The van der Waals surface area contributed by atoms with Crippen LogP contribution in [0.2, 0.25) is 0 Å². The molecule has 1 aromatic rings. The van der Waals surface area contributed by atoms with Crippen molar-refractivity contribution in [3.8, 4) is 0 Å². The van der Waals surface area contributed by atoms with Gasteiger partial charge in [-0.05, 0) is 12.1 Å². The number of nitrogens with zero attached hydrogens (tertiary/aromatic N) is 1. The van der Waals surface area contributed by atoms with Crippen LogP contribution in [0.4, 0.5) is 0 Å². The Morgan fingerprint density at radius 2 is 1.47 bits per heavy atom. The molecule has 0 aliphatic carbocycles. The third kappa shape index (κ3) is 9.18. The van der Waals surface area contributed by atoms with Crippen molar-refractivity contribution in [3.63, 3.8) is 0 Å². The molecule has 0 aliphatic heterocycles. The van der Waals surface area contributed by atoms with Crippen LogP contribution in [0.1, 0.15) is 0 Å². The lowest BCUT2D eigenvalue weighted by molar-refractivity contribution is -0.155. The lowest BCUT2D eigenvalue weighted by Gasteiger charge is -1.93. The van der Waals surface area contributed by atoms with E-state index in [1.165, 1.54) is 0 Å². The fraction of sp³-hybridized carbons (Fsp3) is 0.222. The van der Waals surface area contributed by atoms with Gasteiger partial charge in [0, 0.05) is 12.4 Å². The first kappa shape index (κ1) is 13.9. The minimum atomic E-state index is -0.776. The predicted octanol–water partition coefficient (Wildman–Crippen LogP) is 1.62. The summed E-state index contributed by atoms with van der Waals surface area (Å²) in [6.45, 7) is 0. The Kier molecular flexibility index (Phi) is 8.72.